The van der Waals surface area contributed by atoms with Gasteiger partial charge in [0.25, 0.3) is 0 Å². The lowest BCUT2D eigenvalue weighted by atomic mass is 10.2. The fourth-order valence-electron chi connectivity index (χ4n) is 2.43. The minimum Gasteiger partial charge on any atom is -0.370 e. The van der Waals surface area contributed by atoms with Crippen molar-refractivity contribution in [2.75, 3.05) is 31.1 Å². The minimum atomic E-state index is -0.479. The van der Waals surface area contributed by atoms with Crippen LogP contribution in [0.1, 0.15) is 5.56 Å². The maximum absolute atomic E-state index is 13.6. The number of rotatable bonds is 3. The highest BCUT2D eigenvalue weighted by atomic mass is 127. The Morgan fingerprint density at radius 2 is 2.00 bits per heavy atom. The molecule has 0 radical (unpaired) electrons. The van der Waals surface area contributed by atoms with Crippen LogP contribution in [-0.2, 0) is 6.54 Å². The molecule has 130 valence electrons. The molecule has 0 amide bonds. The predicted octanol–water partition coefficient (Wildman–Crippen LogP) is 2.68. The van der Waals surface area contributed by atoms with Crippen LogP contribution in [0.3, 0.4) is 0 Å². The Morgan fingerprint density at radius 3 is 2.67 bits per heavy atom. The van der Waals surface area contributed by atoms with E-state index in [1.165, 1.54) is 0 Å². The van der Waals surface area contributed by atoms with Crippen LogP contribution < -0.4 is 10.6 Å². The predicted molar refractivity (Wildman–Crippen MR) is 103 cm³/mol. The number of aliphatic imine (C=N–C) groups is 1. The maximum Gasteiger partial charge on any atom is 0.191 e. The van der Waals surface area contributed by atoms with Gasteiger partial charge in [0.05, 0.1) is 6.54 Å². The summed E-state index contributed by atoms with van der Waals surface area (Å²) >= 11 is 1.61. The molecule has 1 aromatic carbocycles. The van der Waals surface area contributed by atoms with E-state index in [0.29, 0.717) is 5.96 Å². The zero-order valence-corrected chi connectivity index (χ0v) is 16.0. The summed E-state index contributed by atoms with van der Waals surface area (Å²) in [7, 11) is 0. The molecule has 1 aromatic heterocycles. The first-order chi connectivity index (χ1) is 11.1. The monoisotopic (exact) mass is 465 g/mol. The molecular weight excluding hydrogens is 447 g/mol. The molecule has 1 saturated heterocycles. The normalized spacial score (nSPS) is 15.3. The van der Waals surface area contributed by atoms with Crippen molar-refractivity contribution in [1.82, 2.24) is 9.88 Å². The highest BCUT2D eigenvalue weighted by molar-refractivity contribution is 14.0. The van der Waals surface area contributed by atoms with Crippen LogP contribution in [-0.4, -0.2) is 42.0 Å². The lowest BCUT2D eigenvalue weighted by Crippen LogP contribution is -2.51. The van der Waals surface area contributed by atoms with Crippen LogP contribution in [0, 0.1) is 11.6 Å². The average Bonchev–Trinajstić information content (AvgIpc) is 3.10. The van der Waals surface area contributed by atoms with E-state index in [-0.39, 0.29) is 36.1 Å². The van der Waals surface area contributed by atoms with Gasteiger partial charge in [-0.25, -0.2) is 18.8 Å². The number of nitrogens with zero attached hydrogens (tertiary/aromatic N) is 4. The zero-order valence-electron chi connectivity index (χ0n) is 12.9. The lowest BCUT2D eigenvalue weighted by molar-refractivity contribution is 0.380. The standard InChI is InChI=1S/C15H17F2N5S.HI/c16-12-1-2-13(17)11(9-12)10-20-14(18)21-4-6-22(7-5-21)15-19-3-8-23-15;/h1-3,8-9H,4-7,10H2,(H2,18,20);1H. The Bertz CT molecular complexity index is 687. The van der Waals surface area contributed by atoms with Crippen LogP contribution in [0.5, 0.6) is 0 Å². The van der Waals surface area contributed by atoms with Crippen LogP contribution in [0.2, 0.25) is 0 Å². The topological polar surface area (TPSA) is 57.8 Å². The number of aromatic nitrogens is 1. The summed E-state index contributed by atoms with van der Waals surface area (Å²) in [5.41, 5.74) is 6.18. The van der Waals surface area contributed by atoms with Gasteiger partial charge < -0.3 is 15.5 Å². The van der Waals surface area contributed by atoms with E-state index in [0.717, 1.165) is 49.5 Å². The van der Waals surface area contributed by atoms with Crippen molar-refractivity contribution < 1.29 is 8.78 Å². The molecule has 1 aliphatic rings. The number of anilines is 1. The van der Waals surface area contributed by atoms with Crippen LogP contribution >= 0.6 is 35.3 Å². The smallest absolute Gasteiger partial charge is 0.191 e. The molecule has 1 fully saturated rings. The van der Waals surface area contributed by atoms with Gasteiger partial charge in [0, 0.05) is 43.3 Å². The second-order valence-corrected chi connectivity index (χ2v) is 6.07. The molecule has 5 nitrogen and oxygen atoms in total. The summed E-state index contributed by atoms with van der Waals surface area (Å²) in [6.07, 6.45) is 1.79. The molecule has 1 aliphatic heterocycles. The number of benzene rings is 1. The molecular formula is C15H18F2IN5S. The Balaban J connectivity index is 0.00000208. The largest absolute Gasteiger partial charge is 0.370 e. The molecule has 0 bridgehead atoms. The van der Waals surface area contributed by atoms with Gasteiger partial charge in [-0.3, -0.25) is 0 Å². The zero-order chi connectivity index (χ0) is 16.2. The lowest BCUT2D eigenvalue weighted by Gasteiger charge is -2.35. The van der Waals surface area contributed by atoms with Crippen molar-refractivity contribution in [2.45, 2.75) is 6.54 Å². The van der Waals surface area contributed by atoms with Crippen molar-refractivity contribution in [2.24, 2.45) is 10.7 Å². The third-order valence-electron chi connectivity index (χ3n) is 3.71. The van der Waals surface area contributed by atoms with Gasteiger partial charge in [-0.15, -0.1) is 35.3 Å². The maximum atomic E-state index is 13.6. The van der Waals surface area contributed by atoms with E-state index in [9.17, 15) is 8.78 Å². The number of halogens is 3. The van der Waals surface area contributed by atoms with Crippen molar-refractivity contribution in [1.29, 1.82) is 0 Å². The van der Waals surface area contributed by atoms with Gasteiger partial charge >= 0.3 is 0 Å². The van der Waals surface area contributed by atoms with Crippen LogP contribution in [0.15, 0.2) is 34.8 Å². The number of hydrogen-bond acceptors (Lipinski definition) is 4. The minimum absolute atomic E-state index is 0. The number of piperazine rings is 1. The van der Waals surface area contributed by atoms with E-state index in [1.807, 2.05) is 10.3 Å². The molecule has 2 N–H and O–H groups in total. The van der Waals surface area contributed by atoms with Crippen LogP contribution in [0.4, 0.5) is 13.9 Å². The van der Waals surface area contributed by atoms with Crippen molar-refractivity contribution in [3.63, 3.8) is 0 Å². The molecule has 3 rings (SSSR count). The molecule has 0 unspecified atom stereocenters. The molecule has 0 saturated carbocycles. The van der Waals surface area contributed by atoms with E-state index in [2.05, 4.69) is 14.9 Å². The van der Waals surface area contributed by atoms with E-state index in [4.69, 9.17) is 5.73 Å². The number of guanidine groups is 1. The summed E-state index contributed by atoms with van der Waals surface area (Å²) in [6.45, 7) is 3.08. The fraction of sp³-hybridized carbons (Fsp3) is 0.333. The summed E-state index contributed by atoms with van der Waals surface area (Å²) in [6, 6.07) is 3.33. The Labute approximate surface area is 160 Å². The number of hydrogen-bond donors (Lipinski definition) is 1. The third-order valence-corrected chi connectivity index (χ3v) is 4.54. The number of nitrogens with two attached hydrogens (primary N) is 1. The third kappa shape index (κ3) is 4.53. The Kier molecular flexibility index (Phi) is 6.72. The second-order valence-electron chi connectivity index (χ2n) is 5.20. The summed E-state index contributed by atoms with van der Waals surface area (Å²) in [5, 5.41) is 2.95. The molecule has 0 aliphatic carbocycles. The molecule has 24 heavy (non-hydrogen) atoms. The van der Waals surface area contributed by atoms with E-state index < -0.39 is 11.6 Å². The van der Waals surface area contributed by atoms with Crippen molar-refractivity contribution in [3.8, 4) is 0 Å². The highest BCUT2D eigenvalue weighted by Crippen LogP contribution is 2.19. The first kappa shape index (κ1) is 18.8. The highest BCUT2D eigenvalue weighted by Gasteiger charge is 2.19. The molecule has 2 heterocycles. The average molecular weight is 465 g/mol. The second kappa shape index (κ2) is 8.56. The van der Waals surface area contributed by atoms with Gasteiger partial charge in [0.15, 0.2) is 11.1 Å². The number of thiazole rings is 1. The summed E-state index contributed by atoms with van der Waals surface area (Å²) < 4.78 is 26.7. The first-order valence-electron chi connectivity index (χ1n) is 7.27. The SMILES string of the molecule is I.NC(=NCc1cc(F)ccc1F)N1CCN(c2nccs2)CC1. The Morgan fingerprint density at radius 1 is 1.25 bits per heavy atom. The molecule has 0 atom stereocenters. The van der Waals surface area contributed by atoms with Gasteiger partial charge in [-0.2, -0.15) is 0 Å². The van der Waals surface area contributed by atoms with Crippen molar-refractivity contribution >= 4 is 46.4 Å². The Hall–Kier alpha value is -1.49. The first-order valence-corrected chi connectivity index (χ1v) is 8.14. The molecule has 2 aromatic rings. The van der Waals surface area contributed by atoms with Gasteiger partial charge in [0.1, 0.15) is 11.6 Å². The molecule has 0 spiro atoms. The quantitative estimate of drug-likeness (QED) is 0.431. The van der Waals surface area contributed by atoms with Gasteiger partial charge in [-0.05, 0) is 18.2 Å². The van der Waals surface area contributed by atoms with E-state index >= 15 is 0 Å². The van der Waals surface area contributed by atoms with Crippen LogP contribution in [0.25, 0.3) is 0 Å². The van der Waals surface area contributed by atoms with E-state index in [1.54, 1.807) is 17.5 Å². The summed E-state index contributed by atoms with van der Waals surface area (Å²) in [5.74, 6) is -0.601. The van der Waals surface area contributed by atoms with Gasteiger partial charge in [-0.1, -0.05) is 0 Å². The van der Waals surface area contributed by atoms with Crippen molar-refractivity contribution in [3.05, 3.63) is 47.0 Å². The molecule has 9 heteroatoms. The fourth-order valence-corrected chi connectivity index (χ4v) is 3.13. The summed E-state index contributed by atoms with van der Waals surface area (Å²) in [4.78, 5) is 12.6. The van der Waals surface area contributed by atoms with Gasteiger partial charge in [0.2, 0.25) is 0 Å².